The van der Waals surface area contributed by atoms with E-state index in [-0.39, 0.29) is 20.1 Å². The van der Waals surface area contributed by atoms with Crippen molar-refractivity contribution in [3.8, 4) is 34.0 Å². The normalized spacial score (nSPS) is 14.2. The van der Waals surface area contributed by atoms with Crippen LogP contribution >= 0.6 is 0 Å². The van der Waals surface area contributed by atoms with Gasteiger partial charge in [0.2, 0.25) is 0 Å². The van der Waals surface area contributed by atoms with Gasteiger partial charge in [0.1, 0.15) is 5.75 Å². The number of hydrogen-bond acceptors (Lipinski definition) is 4. The molecule has 6 rings (SSSR count). The van der Waals surface area contributed by atoms with Crippen LogP contribution in [0.3, 0.4) is 0 Å². The maximum atomic E-state index is 8.13. The van der Waals surface area contributed by atoms with Crippen molar-refractivity contribution >= 4 is 11.4 Å². The van der Waals surface area contributed by atoms with Gasteiger partial charge in [0.25, 0.3) is 0 Å². The summed E-state index contributed by atoms with van der Waals surface area (Å²) in [6.07, 6.45) is 3.51. The van der Waals surface area contributed by atoms with E-state index in [1.54, 1.807) is 36.5 Å². The second-order valence-electron chi connectivity index (χ2n) is 9.22. The molecule has 0 amide bonds. The first-order chi connectivity index (χ1) is 20.8. The van der Waals surface area contributed by atoms with Gasteiger partial charge in [-0.3, -0.25) is 0 Å². The molecule has 0 saturated carbocycles. The Morgan fingerprint density at radius 1 is 0.821 bits per heavy atom. The van der Waals surface area contributed by atoms with Crippen molar-refractivity contribution in [2.24, 2.45) is 0 Å². The minimum absolute atomic E-state index is 0. The monoisotopic (exact) mass is 696 g/mol. The summed E-state index contributed by atoms with van der Waals surface area (Å²) in [5.74, 6) is 1.03. The van der Waals surface area contributed by atoms with Gasteiger partial charge in [-0.05, 0) is 67.9 Å². The molecule has 0 N–H and O–H groups in total. The zero-order chi connectivity index (χ0) is 31.8. The van der Waals surface area contributed by atoms with Crippen LogP contribution in [-0.2, 0) is 20.1 Å². The number of benzene rings is 3. The Labute approximate surface area is 253 Å². The van der Waals surface area contributed by atoms with Crippen molar-refractivity contribution in [1.82, 2.24) is 9.97 Å². The molecule has 1 aliphatic heterocycles. The van der Waals surface area contributed by atoms with Crippen LogP contribution in [0.1, 0.15) is 36.0 Å². The first-order valence-corrected chi connectivity index (χ1v) is 12.3. The fourth-order valence-corrected chi connectivity index (χ4v) is 4.12. The fraction of sp³-hybridized carbons (Fsp3) is 0.176. The second kappa shape index (κ2) is 11.9. The summed E-state index contributed by atoms with van der Waals surface area (Å²) in [6.45, 7) is 3.53. The molecule has 3 aromatic carbocycles. The summed E-state index contributed by atoms with van der Waals surface area (Å²) in [7, 11) is 0. The molecule has 0 atom stereocenters. The van der Waals surface area contributed by atoms with Crippen molar-refractivity contribution in [2.45, 2.75) is 34.5 Å². The molecule has 1 aliphatic rings. The van der Waals surface area contributed by atoms with E-state index < -0.39 is 13.8 Å². The van der Waals surface area contributed by atoms with Crippen LogP contribution in [0.5, 0.6) is 11.5 Å². The maximum absolute atomic E-state index is 8.13. The Morgan fingerprint density at radius 3 is 2.36 bits per heavy atom. The number of ether oxygens (including phenoxy) is 1. The van der Waals surface area contributed by atoms with Crippen LogP contribution in [0, 0.1) is 46.7 Å². The van der Waals surface area contributed by atoms with E-state index in [2.05, 4.69) is 22.1 Å². The van der Waals surface area contributed by atoms with E-state index >= 15 is 0 Å². The van der Waals surface area contributed by atoms with E-state index in [0.717, 1.165) is 33.5 Å². The molecule has 2 aromatic heterocycles. The van der Waals surface area contributed by atoms with Crippen LogP contribution in [-0.4, -0.2) is 16.9 Å². The van der Waals surface area contributed by atoms with Gasteiger partial charge < -0.3 is 19.6 Å². The number of fused-ring (bicyclic) bond motifs is 2. The van der Waals surface area contributed by atoms with Gasteiger partial charge in [-0.1, -0.05) is 42.2 Å². The Hall–Kier alpha value is -3.79. The second-order valence-corrected chi connectivity index (χ2v) is 9.22. The summed E-state index contributed by atoms with van der Waals surface area (Å²) in [5.41, 5.74) is 8.44. The molecule has 4 nitrogen and oxygen atoms in total. The third-order valence-corrected chi connectivity index (χ3v) is 6.65. The number of nitrogens with zero attached hydrogens (tertiary/aromatic N) is 3. The van der Waals surface area contributed by atoms with Gasteiger partial charge in [-0.15, -0.1) is 53.6 Å². The number of hydrogen-bond donors (Lipinski definition) is 0. The summed E-state index contributed by atoms with van der Waals surface area (Å²) >= 11 is 0. The largest absolute Gasteiger partial charge is 0.497 e. The van der Waals surface area contributed by atoms with Gasteiger partial charge in [0.15, 0.2) is 0 Å². The van der Waals surface area contributed by atoms with Crippen LogP contribution < -0.4 is 9.64 Å². The smallest absolute Gasteiger partial charge is 0.141 e. The number of aryl methyl sites for hydroxylation is 4. The molecule has 0 fully saturated rings. The molecule has 5 aromatic rings. The molecular formula is C34H31IrN3O-2. The molecule has 39 heavy (non-hydrogen) atoms. The molecule has 0 saturated heterocycles. The molecule has 0 aliphatic carbocycles. The summed E-state index contributed by atoms with van der Waals surface area (Å²) < 4.78 is 52.4. The topological polar surface area (TPSA) is 38.2 Å². The molecule has 3 heterocycles. The zero-order valence-electron chi connectivity index (χ0n) is 28.1. The number of aromatic nitrogens is 2. The average molecular weight is 696 g/mol. The Balaban J connectivity index is 0.000000231. The maximum Gasteiger partial charge on any atom is 0.141 e. The minimum atomic E-state index is -2.36. The van der Waals surface area contributed by atoms with Crippen LogP contribution in [0.15, 0.2) is 79.1 Å². The first kappa shape index (κ1) is 21.1. The quantitative estimate of drug-likeness (QED) is 0.174. The first-order valence-electron chi connectivity index (χ1n) is 15.3. The Bertz CT molecular complexity index is 1810. The summed E-state index contributed by atoms with van der Waals surface area (Å²) in [5, 5.41) is 0. The van der Waals surface area contributed by atoms with Crippen molar-refractivity contribution in [3.63, 3.8) is 0 Å². The van der Waals surface area contributed by atoms with Crippen molar-refractivity contribution < 1.29 is 33.1 Å². The Morgan fingerprint density at radius 2 is 1.67 bits per heavy atom. The number of anilines is 2. The van der Waals surface area contributed by atoms with Gasteiger partial charge in [0, 0.05) is 53.4 Å². The Kier molecular flexibility index (Phi) is 6.46. The molecule has 5 heteroatoms. The van der Waals surface area contributed by atoms with Gasteiger partial charge >= 0.3 is 0 Å². The van der Waals surface area contributed by atoms with Crippen molar-refractivity contribution in [1.29, 1.82) is 0 Å². The van der Waals surface area contributed by atoms with Crippen molar-refractivity contribution in [3.05, 3.63) is 119 Å². The molecule has 0 bridgehead atoms. The van der Waals surface area contributed by atoms with E-state index in [4.69, 9.17) is 13.0 Å². The van der Waals surface area contributed by atoms with Gasteiger partial charge in [-0.2, -0.15) is 0 Å². The fourth-order valence-electron chi connectivity index (χ4n) is 4.12. The van der Waals surface area contributed by atoms with E-state index in [0.29, 0.717) is 39.7 Å². The SMILES string of the molecule is [2H]C([2H])([2H])N1c2cc[c-]c(-c3cc(C)c(C)cn3)c2Oc2c1ccc(C)c2C.[2H]C([2H])([2H])c1c[c-]c(-c2ccccn2)cc1.[Ir]. The average Bonchev–Trinajstić information content (AvgIpc) is 2.99. The van der Waals surface area contributed by atoms with Gasteiger partial charge in [-0.25, -0.2) is 0 Å². The van der Waals surface area contributed by atoms with Crippen LogP contribution in [0.2, 0.25) is 0 Å². The molecule has 1 radical (unpaired) electrons. The minimum Gasteiger partial charge on any atom is -0.497 e. The summed E-state index contributed by atoms with van der Waals surface area (Å²) in [4.78, 5) is 10.1. The number of rotatable bonds is 2. The third-order valence-electron chi connectivity index (χ3n) is 6.65. The van der Waals surface area contributed by atoms with E-state index in [1.165, 1.54) is 11.0 Å². The van der Waals surface area contributed by atoms with Gasteiger partial charge in [0.05, 0.1) is 11.4 Å². The third kappa shape index (κ3) is 5.80. The standard InChI is InChI=1S/C22H21N2O.C12H10N.Ir/c1-13-9-10-20-21(16(13)4)25-22-17(7-6-8-19(22)24(20)5)18-11-14(2)15(3)12-23-18;1-10-5-7-11(8-6-10)12-4-2-3-9-13-12;/h6,8-12H,1-5H3;2-7,9H,1H3;/q2*-1;/i5D3;1D3;. The molecule has 0 spiro atoms. The predicted molar refractivity (Wildman–Crippen MR) is 155 cm³/mol. The zero-order valence-corrected chi connectivity index (χ0v) is 24.5. The predicted octanol–water partition coefficient (Wildman–Crippen LogP) is 8.51. The van der Waals surface area contributed by atoms with E-state index in [9.17, 15) is 0 Å². The van der Waals surface area contributed by atoms with Crippen molar-refractivity contribution in [2.75, 3.05) is 11.9 Å². The van der Waals surface area contributed by atoms with E-state index in [1.807, 2.05) is 64.2 Å². The number of pyridine rings is 2. The summed E-state index contributed by atoms with van der Waals surface area (Å²) in [6, 6.07) is 25.7. The molecule has 199 valence electrons. The van der Waals surface area contributed by atoms with Crippen LogP contribution in [0.4, 0.5) is 11.4 Å². The molecular weight excluding hydrogens is 659 g/mol. The molecule has 0 unspecified atom stereocenters. The van der Waals surface area contributed by atoms with Crippen LogP contribution in [0.25, 0.3) is 22.5 Å².